The van der Waals surface area contributed by atoms with E-state index in [1.165, 1.54) is 27.8 Å². The van der Waals surface area contributed by atoms with Crippen LogP contribution in [0, 0.1) is 20.8 Å². The molecule has 1 aromatic heterocycles. The minimum atomic E-state index is -3.62. The minimum Gasteiger partial charge on any atom is -0.345 e. The molecule has 2 aromatic carbocycles. The largest absolute Gasteiger partial charge is 0.345 e. The van der Waals surface area contributed by atoms with Crippen molar-refractivity contribution in [2.24, 2.45) is 0 Å². The molecule has 0 unspecified atom stereocenters. The summed E-state index contributed by atoms with van der Waals surface area (Å²) in [6, 6.07) is 8.65. The number of rotatable bonds is 7. The second kappa shape index (κ2) is 11.1. The van der Waals surface area contributed by atoms with Gasteiger partial charge in [0.15, 0.2) is 5.13 Å². The van der Waals surface area contributed by atoms with Crippen molar-refractivity contribution in [2.45, 2.75) is 85.0 Å². The van der Waals surface area contributed by atoms with Crippen LogP contribution < -0.4 is 4.90 Å². The molecule has 1 aliphatic heterocycles. The smallest absolute Gasteiger partial charge is 0.243 e. The zero-order valence-electron chi connectivity index (χ0n) is 24.4. The zero-order chi connectivity index (χ0) is 27.9. The first kappa shape index (κ1) is 28.8. The third-order valence-corrected chi connectivity index (χ3v) is 10.5. The fourth-order valence-electron chi connectivity index (χ4n) is 5.54. The lowest BCUT2D eigenvalue weighted by atomic mass is 9.89. The van der Waals surface area contributed by atoms with Crippen LogP contribution in [-0.4, -0.2) is 43.9 Å². The first-order valence-electron chi connectivity index (χ1n) is 13.8. The molecule has 5 nitrogen and oxygen atoms in total. The molecule has 0 saturated carbocycles. The highest BCUT2D eigenvalue weighted by atomic mass is 32.2. The van der Waals surface area contributed by atoms with Gasteiger partial charge in [-0.3, -0.25) is 0 Å². The van der Waals surface area contributed by atoms with E-state index in [4.69, 9.17) is 4.98 Å². The first-order chi connectivity index (χ1) is 17.8. The number of thiazole rings is 1. The fourth-order valence-corrected chi connectivity index (χ4v) is 8.50. The Bertz CT molecular complexity index is 1360. The Hall–Kier alpha value is -2.22. The normalized spacial score (nSPS) is 15.3. The van der Waals surface area contributed by atoms with Crippen molar-refractivity contribution in [3.05, 3.63) is 63.0 Å². The van der Waals surface area contributed by atoms with Gasteiger partial charge in [-0.1, -0.05) is 71.4 Å². The Balaban J connectivity index is 1.60. The van der Waals surface area contributed by atoms with E-state index in [1.807, 2.05) is 0 Å². The Kier molecular flexibility index (Phi) is 8.41. The quantitative estimate of drug-likeness (QED) is 0.302. The molecule has 1 fully saturated rings. The number of nitrogens with zero attached hydrogens (tertiary/aromatic N) is 3. The SMILES string of the molecule is Cc1cc(C)c(-c2csc(N3CCN(S(=O)(=O)c4c(C(C)C)cc(C(C)C)cc4C(C)C)CC3)n2)c(C)c1. The molecule has 0 radical (unpaired) electrons. The molecular formula is C31H43N3O2S2. The summed E-state index contributed by atoms with van der Waals surface area (Å²) >= 11 is 1.64. The molecule has 4 rings (SSSR count). The van der Waals surface area contributed by atoms with Gasteiger partial charge in [0.25, 0.3) is 0 Å². The number of piperazine rings is 1. The summed E-state index contributed by atoms with van der Waals surface area (Å²) in [6.45, 7) is 21.3. The third-order valence-electron chi connectivity index (χ3n) is 7.61. The number of benzene rings is 2. The molecule has 0 aliphatic carbocycles. The van der Waals surface area contributed by atoms with E-state index < -0.39 is 10.0 Å². The lowest BCUT2D eigenvalue weighted by Crippen LogP contribution is -2.49. The van der Waals surface area contributed by atoms with E-state index in [1.54, 1.807) is 15.6 Å². The molecule has 0 N–H and O–H groups in total. The van der Waals surface area contributed by atoms with Gasteiger partial charge in [0.1, 0.15) is 0 Å². The highest BCUT2D eigenvalue weighted by molar-refractivity contribution is 7.89. The Labute approximate surface area is 234 Å². The molecule has 38 heavy (non-hydrogen) atoms. The molecule has 1 aliphatic rings. The van der Waals surface area contributed by atoms with Gasteiger partial charge in [-0.15, -0.1) is 11.3 Å². The lowest BCUT2D eigenvalue weighted by molar-refractivity contribution is 0.383. The molecule has 3 aromatic rings. The number of sulfonamides is 1. The van der Waals surface area contributed by atoms with Crippen molar-refractivity contribution in [1.82, 2.24) is 9.29 Å². The van der Waals surface area contributed by atoms with Crippen molar-refractivity contribution >= 4 is 26.5 Å². The van der Waals surface area contributed by atoms with Gasteiger partial charge < -0.3 is 4.90 Å². The Morgan fingerprint density at radius 1 is 0.789 bits per heavy atom. The van der Waals surface area contributed by atoms with Crippen molar-refractivity contribution in [1.29, 1.82) is 0 Å². The van der Waals surface area contributed by atoms with Crippen molar-refractivity contribution < 1.29 is 8.42 Å². The average Bonchev–Trinajstić information content (AvgIpc) is 3.32. The van der Waals surface area contributed by atoms with Gasteiger partial charge in [-0.2, -0.15) is 4.31 Å². The second-order valence-electron chi connectivity index (χ2n) is 11.7. The van der Waals surface area contributed by atoms with Crippen LogP contribution in [-0.2, 0) is 10.0 Å². The van der Waals surface area contributed by atoms with E-state index in [0.29, 0.717) is 37.0 Å². The van der Waals surface area contributed by atoms with Crippen LogP contribution in [0.5, 0.6) is 0 Å². The summed E-state index contributed by atoms with van der Waals surface area (Å²) in [5, 5.41) is 3.09. The maximum Gasteiger partial charge on any atom is 0.243 e. The van der Waals surface area contributed by atoms with Crippen molar-refractivity contribution in [3.63, 3.8) is 0 Å². The summed E-state index contributed by atoms with van der Waals surface area (Å²) in [5.41, 5.74) is 9.03. The van der Waals surface area contributed by atoms with Gasteiger partial charge in [0, 0.05) is 37.1 Å². The Morgan fingerprint density at radius 3 is 1.79 bits per heavy atom. The number of hydrogen-bond donors (Lipinski definition) is 0. The molecule has 0 atom stereocenters. The van der Waals surface area contributed by atoms with Crippen LogP contribution in [0.4, 0.5) is 5.13 Å². The molecule has 0 spiro atoms. The van der Waals surface area contributed by atoms with E-state index >= 15 is 0 Å². The number of anilines is 1. The Morgan fingerprint density at radius 2 is 1.32 bits per heavy atom. The summed E-state index contributed by atoms with van der Waals surface area (Å²) in [4.78, 5) is 7.74. The monoisotopic (exact) mass is 553 g/mol. The number of aromatic nitrogens is 1. The van der Waals surface area contributed by atoms with Gasteiger partial charge >= 0.3 is 0 Å². The summed E-state index contributed by atoms with van der Waals surface area (Å²) in [7, 11) is -3.62. The van der Waals surface area contributed by atoms with Crippen molar-refractivity contribution in [3.8, 4) is 11.3 Å². The second-order valence-corrected chi connectivity index (χ2v) is 14.4. The highest BCUT2D eigenvalue weighted by Gasteiger charge is 2.34. The van der Waals surface area contributed by atoms with Crippen LogP contribution in [0.15, 0.2) is 34.5 Å². The molecule has 1 saturated heterocycles. The van der Waals surface area contributed by atoms with E-state index in [-0.39, 0.29) is 11.8 Å². The molecule has 0 amide bonds. The van der Waals surface area contributed by atoms with Gasteiger partial charge in [-0.25, -0.2) is 13.4 Å². The van der Waals surface area contributed by atoms with E-state index in [0.717, 1.165) is 22.0 Å². The molecule has 0 bridgehead atoms. The number of aryl methyl sites for hydroxylation is 3. The summed E-state index contributed by atoms with van der Waals surface area (Å²) in [5.74, 6) is 0.598. The first-order valence-corrected chi connectivity index (χ1v) is 16.1. The van der Waals surface area contributed by atoms with Gasteiger partial charge in [-0.05, 0) is 66.3 Å². The fraction of sp³-hybridized carbons (Fsp3) is 0.516. The maximum atomic E-state index is 14.1. The summed E-state index contributed by atoms with van der Waals surface area (Å²) in [6.07, 6.45) is 0. The summed E-state index contributed by atoms with van der Waals surface area (Å²) < 4.78 is 30.0. The number of hydrogen-bond acceptors (Lipinski definition) is 5. The average molecular weight is 554 g/mol. The zero-order valence-corrected chi connectivity index (χ0v) is 26.1. The molecule has 2 heterocycles. The molecule has 206 valence electrons. The molecule has 7 heteroatoms. The van der Waals surface area contributed by atoms with Crippen LogP contribution in [0.2, 0.25) is 0 Å². The topological polar surface area (TPSA) is 53.5 Å². The molecular weight excluding hydrogens is 510 g/mol. The highest BCUT2D eigenvalue weighted by Crippen LogP contribution is 2.38. The van der Waals surface area contributed by atoms with Gasteiger partial charge in [0.2, 0.25) is 10.0 Å². The lowest BCUT2D eigenvalue weighted by Gasteiger charge is -2.35. The van der Waals surface area contributed by atoms with Crippen LogP contribution in [0.25, 0.3) is 11.3 Å². The van der Waals surface area contributed by atoms with Gasteiger partial charge in [0.05, 0.1) is 10.6 Å². The maximum absolute atomic E-state index is 14.1. The standard InChI is InChI=1S/C31H43N3O2S2/c1-19(2)25-16-26(20(3)4)30(27(17-25)21(5)6)38(35,36)34-12-10-33(11-13-34)31-32-28(18-37-31)29-23(8)14-22(7)15-24(29)9/h14-21H,10-13H2,1-9H3. The van der Waals surface area contributed by atoms with E-state index in [2.05, 4.69) is 96.9 Å². The predicted octanol–water partition coefficient (Wildman–Crippen LogP) is 7.62. The predicted molar refractivity (Wildman–Crippen MR) is 161 cm³/mol. The third kappa shape index (κ3) is 5.56. The minimum absolute atomic E-state index is 0.125. The van der Waals surface area contributed by atoms with Crippen LogP contribution in [0.3, 0.4) is 0 Å². The van der Waals surface area contributed by atoms with E-state index in [9.17, 15) is 8.42 Å². The van der Waals surface area contributed by atoms with Crippen LogP contribution >= 0.6 is 11.3 Å². The van der Waals surface area contributed by atoms with Crippen molar-refractivity contribution in [2.75, 3.05) is 31.1 Å². The van der Waals surface area contributed by atoms with Crippen LogP contribution in [0.1, 0.15) is 92.7 Å².